The molecule has 5 rings (SSSR count). The van der Waals surface area contributed by atoms with Gasteiger partial charge in [0.1, 0.15) is 0 Å². The van der Waals surface area contributed by atoms with Crippen molar-refractivity contribution in [2.75, 3.05) is 19.7 Å². The monoisotopic (exact) mass is 561 g/mol. The maximum atomic E-state index is 13.2. The lowest BCUT2D eigenvalue weighted by Crippen LogP contribution is -2.61. The van der Waals surface area contributed by atoms with Crippen molar-refractivity contribution in [1.29, 1.82) is 0 Å². The predicted octanol–water partition coefficient (Wildman–Crippen LogP) is 3.73. The number of carbonyl (C=O) groups excluding carboxylic acids is 3. The Bertz CT molecular complexity index is 1610. The molecule has 3 heterocycles. The van der Waals surface area contributed by atoms with Crippen molar-refractivity contribution < 1.29 is 19.1 Å². The Morgan fingerprint density at radius 2 is 1.73 bits per heavy atom. The highest BCUT2D eigenvalue weighted by atomic mass is 35.5. The summed E-state index contributed by atoms with van der Waals surface area (Å²) in [6.07, 6.45) is 3.26. The second kappa shape index (κ2) is 11.7. The number of benzene rings is 2. The molecule has 1 fully saturated rings. The number of halogens is 1. The quantitative estimate of drug-likeness (QED) is 0.331. The Hall–Kier alpha value is -4.57. The molecular weight excluding hydrogens is 534 g/mol. The maximum Gasteiger partial charge on any atom is 0.409 e. The van der Waals surface area contributed by atoms with Gasteiger partial charge in [-0.3, -0.25) is 19.0 Å². The number of hydrogen-bond acceptors (Lipinski definition) is 5. The highest BCUT2D eigenvalue weighted by Crippen LogP contribution is 2.24. The van der Waals surface area contributed by atoms with Gasteiger partial charge in [-0.2, -0.15) is 0 Å². The molecule has 206 valence electrons. The molecular formula is C29H28ClN5O5. The normalized spacial score (nSPS) is 16.9. The number of ether oxygens (including phenoxy) is 1. The van der Waals surface area contributed by atoms with Crippen molar-refractivity contribution in [1.82, 2.24) is 25.1 Å². The summed E-state index contributed by atoms with van der Waals surface area (Å²) in [7, 11) is 0. The van der Waals surface area contributed by atoms with Gasteiger partial charge in [-0.15, -0.1) is 0 Å². The van der Waals surface area contributed by atoms with Crippen LogP contribution < -0.4 is 16.2 Å². The molecule has 3 N–H and O–H groups in total. The average Bonchev–Trinajstić information content (AvgIpc) is 3.34. The number of H-pyrrole nitrogens is 1. The molecule has 1 aliphatic rings. The zero-order valence-corrected chi connectivity index (χ0v) is 22.5. The van der Waals surface area contributed by atoms with Gasteiger partial charge in [0.15, 0.2) is 0 Å². The third-order valence-electron chi connectivity index (χ3n) is 6.90. The maximum absolute atomic E-state index is 13.2. The van der Waals surface area contributed by atoms with Crippen LogP contribution in [-0.4, -0.2) is 64.1 Å². The van der Waals surface area contributed by atoms with Gasteiger partial charge in [-0.05, 0) is 55.8 Å². The van der Waals surface area contributed by atoms with Crippen molar-refractivity contribution in [2.45, 2.75) is 25.4 Å². The lowest BCUT2D eigenvalue weighted by molar-refractivity contribution is 0.0722. The number of nitrogens with one attached hydrogen (secondary N) is 3. The van der Waals surface area contributed by atoms with E-state index in [4.69, 9.17) is 16.3 Å². The molecule has 2 atom stereocenters. The Labute approximate surface area is 234 Å². The van der Waals surface area contributed by atoms with E-state index in [0.717, 1.165) is 10.9 Å². The Kier molecular flexibility index (Phi) is 7.88. The van der Waals surface area contributed by atoms with Crippen LogP contribution in [0.1, 0.15) is 34.1 Å². The number of pyridine rings is 1. The fraction of sp³-hybridized carbons (Fsp3) is 0.241. The lowest BCUT2D eigenvalue weighted by atomic mass is 9.98. The molecule has 4 aromatic rings. The average molecular weight is 562 g/mol. The second-order valence-corrected chi connectivity index (χ2v) is 9.85. The predicted molar refractivity (Wildman–Crippen MR) is 151 cm³/mol. The topological polar surface area (TPSA) is 126 Å². The number of rotatable bonds is 6. The first-order chi connectivity index (χ1) is 19.3. The molecule has 3 amide bonds. The molecule has 10 nitrogen and oxygen atoms in total. The molecule has 1 aliphatic heterocycles. The van der Waals surface area contributed by atoms with Gasteiger partial charge in [-0.1, -0.05) is 23.7 Å². The Morgan fingerprint density at radius 1 is 1.00 bits per heavy atom. The van der Waals surface area contributed by atoms with E-state index < -0.39 is 18.2 Å². The van der Waals surface area contributed by atoms with Crippen LogP contribution >= 0.6 is 11.6 Å². The number of aromatic amines is 1. The summed E-state index contributed by atoms with van der Waals surface area (Å²) < 4.78 is 6.64. The molecule has 0 bridgehead atoms. The summed E-state index contributed by atoms with van der Waals surface area (Å²) in [6.45, 7) is 2.49. The summed E-state index contributed by atoms with van der Waals surface area (Å²) >= 11 is 6.16. The van der Waals surface area contributed by atoms with E-state index in [-0.39, 0.29) is 30.5 Å². The second-order valence-electron chi connectivity index (χ2n) is 9.45. The van der Waals surface area contributed by atoms with Gasteiger partial charge in [0.2, 0.25) is 0 Å². The van der Waals surface area contributed by atoms with Gasteiger partial charge in [0, 0.05) is 59.3 Å². The van der Waals surface area contributed by atoms with E-state index >= 15 is 0 Å². The van der Waals surface area contributed by atoms with E-state index in [0.29, 0.717) is 34.8 Å². The standard InChI is InChI=1S/C29H28ClN5O5/c1-2-40-29(39)34-14-12-23(25(17-34)33-28(38)19-8-11-21-22(30)16-31-24(21)15-19)32-27(37)18-6-9-20(10-7-18)35-13-4-3-5-26(35)36/h3-11,13,15-16,23,25,31H,2,12,14,17H2,1H3,(H,32,37)(H,33,38)/t23-,25+/m0/s1. The minimum absolute atomic E-state index is 0.169. The largest absolute Gasteiger partial charge is 0.450 e. The molecule has 0 aliphatic carbocycles. The Morgan fingerprint density at radius 3 is 2.48 bits per heavy atom. The van der Waals surface area contributed by atoms with E-state index in [1.54, 1.807) is 73.9 Å². The van der Waals surface area contributed by atoms with Crippen molar-refractivity contribution in [2.24, 2.45) is 0 Å². The van der Waals surface area contributed by atoms with Crippen LogP contribution in [0.5, 0.6) is 0 Å². The van der Waals surface area contributed by atoms with E-state index in [2.05, 4.69) is 15.6 Å². The van der Waals surface area contributed by atoms with Crippen LogP contribution in [0.25, 0.3) is 16.6 Å². The number of likely N-dealkylation sites (tertiary alicyclic amines) is 1. The SMILES string of the molecule is CCOC(=O)N1CC[C@H](NC(=O)c2ccc(-n3ccccc3=O)cc2)[C@H](NC(=O)c2ccc3c(Cl)c[nH]c3c2)C1. The van der Waals surface area contributed by atoms with Crippen LogP contribution in [0.15, 0.2) is 77.9 Å². The van der Waals surface area contributed by atoms with E-state index in [1.807, 2.05) is 0 Å². The van der Waals surface area contributed by atoms with Gasteiger partial charge < -0.3 is 25.3 Å². The van der Waals surface area contributed by atoms with Gasteiger partial charge >= 0.3 is 6.09 Å². The molecule has 2 aromatic heterocycles. The molecule has 0 radical (unpaired) electrons. The smallest absolute Gasteiger partial charge is 0.409 e. The van der Waals surface area contributed by atoms with Crippen LogP contribution in [0.2, 0.25) is 5.02 Å². The number of piperidine rings is 1. The number of fused-ring (bicyclic) bond motifs is 1. The van der Waals surface area contributed by atoms with Gasteiger partial charge in [-0.25, -0.2) is 4.79 Å². The number of hydrogen-bond donors (Lipinski definition) is 3. The highest BCUT2D eigenvalue weighted by molar-refractivity contribution is 6.35. The van der Waals surface area contributed by atoms with E-state index in [9.17, 15) is 19.2 Å². The minimum atomic E-state index is -0.570. The molecule has 0 spiro atoms. The zero-order valence-electron chi connectivity index (χ0n) is 21.7. The first kappa shape index (κ1) is 27.0. The van der Waals surface area contributed by atoms with Gasteiger partial charge in [0.05, 0.1) is 23.7 Å². The fourth-order valence-electron chi connectivity index (χ4n) is 4.80. The fourth-order valence-corrected chi connectivity index (χ4v) is 5.02. The third kappa shape index (κ3) is 5.72. The summed E-state index contributed by atoms with van der Waals surface area (Å²) in [4.78, 5) is 55.5. The van der Waals surface area contributed by atoms with Crippen LogP contribution in [0, 0.1) is 0 Å². The minimum Gasteiger partial charge on any atom is -0.450 e. The number of carbonyl (C=O) groups is 3. The number of amides is 3. The van der Waals surface area contributed by atoms with Crippen molar-refractivity contribution >= 4 is 40.4 Å². The van der Waals surface area contributed by atoms with Gasteiger partial charge in [0.25, 0.3) is 17.4 Å². The van der Waals surface area contributed by atoms with Crippen LogP contribution in [0.3, 0.4) is 0 Å². The molecule has 11 heteroatoms. The number of aromatic nitrogens is 2. The lowest BCUT2D eigenvalue weighted by Gasteiger charge is -2.38. The first-order valence-electron chi connectivity index (χ1n) is 12.9. The molecule has 2 aromatic carbocycles. The molecule has 0 unspecified atom stereocenters. The van der Waals surface area contributed by atoms with Crippen molar-refractivity contribution in [3.63, 3.8) is 0 Å². The molecule has 0 saturated carbocycles. The van der Waals surface area contributed by atoms with Crippen LogP contribution in [0.4, 0.5) is 4.79 Å². The summed E-state index contributed by atoms with van der Waals surface area (Å²) in [5.74, 6) is -0.677. The Balaban J connectivity index is 1.32. The molecule has 1 saturated heterocycles. The van der Waals surface area contributed by atoms with Crippen molar-refractivity contribution in [3.8, 4) is 5.69 Å². The van der Waals surface area contributed by atoms with E-state index in [1.165, 1.54) is 15.5 Å². The van der Waals surface area contributed by atoms with Crippen molar-refractivity contribution in [3.05, 3.63) is 99.6 Å². The highest BCUT2D eigenvalue weighted by Gasteiger charge is 2.34. The summed E-state index contributed by atoms with van der Waals surface area (Å²) in [5.41, 5.74) is 2.00. The zero-order chi connectivity index (χ0) is 28.2. The third-order valence-corrected chi connectivity index (χ3v) is 7.21. The summed E-state index contributed by atoms with van der Waals surface area (Å²) in [6, 6.07) is 15.7. The molecule has 40 heavy (non-hydrogen) atoms. The number of nitrogens with zero attached hydrogens (tertiary/aromatic N) is 2. The summed E-state index contributed by atoms with van der Waals surface area (Å²) in [5, 5.41) is 7.37. The first-order valence-corrected chi connectivity index (χ1v) is 13.3. The van der Waals surface area contributed by atoms with Crippen LogP contribution in [-0.2, 0) is 4.74 Å².